The van der Waals surface area contributed by atoms with Gasteiger partial charge in [0, 0.05) is 19.3 Å². The molecule has 0 heterocycles. The van der Waals surface area contributed by atoms with E-state index >= 15 is 0 Å². The number of hydrogen-bond acceptors (Lipinski definition) is 4. The van der Waals surface area contributed by atoms with Crippen LogP contribution in [0.15, 0.2) is 41.6 Å². The van der Waals surface area contributed by atoms with E-state index in [1.165, 1.54) is 0 Å². The second-order valence-corrected chi connectivity index (χ2v) is 5.41. The average Bonchev–Trinajstić information content (AvgIpc) is 2.46. The van der Waals surface area contributed by atoms with Gasteiger partial charge < -0.3 is 9.64 Å². The number of allylic oxidation sites excluding steroid dienone is 1. The van der Waals surface area contributed by atoms with Crippen molar-refractivity contribution in [1.29, 1.82) is 5.26 Å². The lowest BCUT2D eigenvalue weighted by molar-refractivity contribution is -0.139. The Balaban J connectivity index is 2.81. The van der Waals surface area contributed by atoms with Crippen molar-refractivity contribution in [3.8, 4) is 6.07 Å². The van der Waals surface area contributed by atoms with Gasteiger partial charge in [-0.25, -0.2) is 4.79 Å². The first-order valence-electron chi connectivity index (χ1n) is 6.98. The molecular weight excluding hydrogens is 264 g/mol. The molecule has 0 amide bonds. The third-order valence-electron chi connectivity index (χ3n) is 3.06. The summed E-state index contributed by atoms with van der Waals surface area (Å²) in [6.07, 6.45) is 0. The number of benzene rings is 1. The Hall–Kier alpha value is -2.28. The van der Waals surface area contributed by atoms with E-state index in [-0.39, 0.29) is 11.5 Å². The summed E-state index contributed by atoms with van der Waals surface area (Å²) in [5, 5.41) is 9.21. The van der Waals surface area contributed by atoms with E-state index in [1.54, 1.807) is 6.92 Å². The largest absolute Gasteiger partial charge is 0.461 e. The van der Waals surface area contributed by atoms with Gasteiger partial charge in [0.15, 0.2) is 5.57 Å². The van der Waals surface area contributed by atoms with E-state index < -0.39 is 5.97 Å². The van der Waals surface area contributed by atoms with Gasteiger partial charge in [-0.2, -0.15) is 5.26 Å². The van der Waals surface area contributed by atoms with Gasteiger partial charge in [-0.1, -0.05) is 44.2 Å². The monoisotopic (exact) mass is 286 g/mol. The number of esters is 1. The van der Waals surface area contributed by atoms with E-state index in [0.29, 0.717) is 18.8 Å². The predicted octanol–water partition coefficient (Wildman–Crippen LogP) is 3.12. The molecule has 0 unspecified atom stereocenters. The second-order valence-electron chi connectivity index (χ2n) is 5.41. The maximum atomic E-state index is 11.9. The fourth-order valence-electron chi connectivity index (χ4n) is 1.76. The average molecular weight is 286 g/mol. The third kappa shape index (κ3) is 5.31. The zero-order chi connectivity index (χ0) is 15.8. The summed E-state index contributed by atoms with van der Waals surface area (Å²) in [5.74, 6) is -0.306. The molecule has 0 aromatic heterocycles. The number of carbonyl (C=O) groups is 1. The summed E-state index contributed by atoms with van der Waals surface area (Å²) in [4.78, 5) is 13.8. The number of ether oxygens (including phenoxy) is 1. The minimum atomic E-state index is -0.552. The molecule has 1 rings (SSSR count). The Bertz CT molecular complexity index is 542. The molecule has 0 saturated heterocycles. The smallest absolute Gasteiger partial charge is 0.350 e. The van der Waals surface area contributed by atoms with Crippen LogP contribution >= 0.6 is 0 Å². The van der Waals surface area contributed by atoms with E-state index in [9.17, 15) is 10.1 Å². The van der Waals surface area contributed by atoms with E-state index in [1.807, 2.05) is 62.2 Å². The third-order valence-corrected chi connectivity index (χ3v) is 3.06. The van der Waals surface area contributed by atoms with Crippen LogP contribution in [-0.2, 0) is 16.1 Å². The summed E-state index contributed by atoms with van der Waals surface area (Å²) < 4.78 is 5.13. The van der Waals surface area contributed by atoms with Crippen molar-refractivity contribution in [3.63, 3.8) is 0 Å². The van der Waals surface area contributed by atoms with Crippen molar-refractivity contribution in [2.75, 3.05) is 13.7 Å². The van der Waals surface area contributed by atoms with Gasteiger partial charge >= 0.3 is 5.97 Å². The van der Waals surface area contributed by atoms with Crippen LogP contribution in [0.25, 0.3) is 0 Å². The molecule has 0 aliphatic heterocycles. The molecule has 0 atom stereocenters. The van der Waals surface area contributed by atoms with Crippen molar-refractivity contribution in [1.82, 2.24) is 4.90 Å². The van der Waals surface area contributed by atoms with Crippen LogP contribution in [0, 0.1) is 17.2 Å². The molecule has 0 aliphatic carbocycles. The molecule has 0 aliphatic rings. The van der Waals surface area contributed by atoms with Crippen LogP contribution in [0.5, 0.6) is 0 Å². The lowest BCUT2D eigenvalue weighted by Crippen LogP contribution is -2.21. The lowest BCUT2D eigenvalue weighted by atomic mass is 10.1. The Morgan fingerprint density at radius 1 is 1.33 bits per heavy atom. The Kier molecular flexibility index (Phi) is 6.48. The number of nitriles is 1. The maximum absolute atomic E-state index is 11.9. The van der Waals surface area contributed by atoms with Crippen molar-refractivity contribution < 1.29 is 9.53 Å². The van der Waals surface area contributed by atoms with Crippen molar-refractivity contribution in [2.24, 2.45) is 5.92 Å². The highest BCUT2D eigenvalue weighted by Gasteiger charge is 2.17. The van der Waals surface area contributed by atoms with Gasteiger partial charge in [0.1, 0.15) is 6.07 Å². The van der Waals surface area contributed by atoms with Crippen LogP contribution in [0.2, 0.25) is 0 Å². The molecule has 1 aromatic carbocycles. The molecule has 0 N–H and O–H groups in total. The van der Waals surface area contributed by atoms with Gasteiger partial charge in [0.2, 0.25) is 0 Å². The number of hydrogen-bond donors (Lipinski definition) is 0. The summed E-state index contributed by atoms with van der Waals surface area (Å²) >= 11 is 0. The molecule has 1 aromatic rings. The first-order valence-corrected chi connectivity index (χ1v) is 6.98. The van der Waals surface area contributed by atoms with Crippen LogP contribution in [-0.4, -0.2) is 24.5 Å². The number of nitrogens with zero attached hydrogens (tertiary/aromatic N) is 2. The summed E-state index contributed by atoms with van der Waals surface area (Å²) in [6, 6.07) is 11.8. The Labute approximate surface area is 126 Å². The van der Waals surface area contributed by atoms with Crippen LogP contribution in [0.1, 0.15) is 26.3 Å². The summed E-state index contributed by atoms with van der Waals surface area (Å²) in [6.45, 7) is 6.63. The van der Waals surface area contributed by atoms with Gasteiger partial charge in [0.05, 0.1) is 6.61 Å². The van der Waals surface area contributed by atoms with Crippen LogP contribution in [0.3, 0.4) is 0 Å². The first kappa shape index (κ1) is 16.8. The second kappa shape index (κ2) is 8.11. The van der Waals surface area contributed by atoms with E-state index in [0.717, 1.165) is 5.56 Å². The molecule has 112 valence electrons. The Morgan fingerprint density at radius 3 is 2.48 bits per heavy atom. The number of carbonyl (C=O) groups excluding carboxylic acids is 1. The molecule has 0 radical (unpaired) electrons. The maximum Gasteiger partial charge on any atom is 0.350 e. The molecular formula is C17H22N2O2. The molecule has 4 heteroatoms. The van der Waals surface area contributed by atoms with Gasteiger partial charge in [-0.3, -0.25) is 0 Å². The zero-order valence-electron chi connectivity index (χ0n) is 13.1. The minimum Gasteiger partial charge on any atom is -0.461 e. The van der Waals surface area contributed by atoms with Crippen molar-refractivity contribution in [2.45, 2.75) is 27.3 Å². The van der Waals surface area contributed by atoms with Gasteiger partial charge in [0.25, 0.3) is 0 Å². The molecule has 0 bridgehead atoms. The molecule has 4 nitrogen and oxygen atoms in total. The lowest BCUT2D eigenvalue weighted by Gasteiger charge is -2.21. The van der Waals surface area contributed by atoms with Gasteiger partial charge in [-0.05, 0) is 18.4 Å². The van der Waals surface area contributed by atoms with Crippen LogP contribution in [0.4, 0.5) is 0 Å². The van der Waals surface area contributed by atoms with Crippen LogP contribution < -0.4 is 0 Å². The normalized spacial score (nSPS) is 11.6. The highest BCUT2D eigenvalue weighted by molar-refractivity contribution is 5.93. The molecule has 0 fully saturated rings. The highest BCUT2D eigenvalue weighted by Crippen LogP contribution is 2.13. The van der Waals surface area contributed by atoms with Crippen molar-refractivity contribution in [3.05, 3.63) is 47.2 Å². The first-order chi connectivity index (χ1) is 9.95. The van der Waals surface area contributed by atoms with E-state index in [2.05, 4.69) is 0 Å². The SMILES string of the molecule is CC(=C(C#N)C(=O)OCC(C)C)N(C)Cc1ccccc1. The fraction of sp³-hybridized carbons (Fsp3) is 0.412. The molecule has 21 heavy (non-hydrogen) atoms. The van der Waals surface area contributed by atoms with Gasteiger partial charge in [-0.15, -0.1) is 0 Å². The minimum absolute atomic E-state index is 0.0640. The van der Waals surface area contributed by atoms with Crippen molar-refractivity contribution >= 4 is 5.97 Å². The highest BCUT2D eigenvalue weighted by atomic mass is 16.5. The predicted molar refractivity (Wildman–Crippen MR) is 82.0 cm³/mol. The topological polar surface area (TPSA) is 53.3 Å². The fourth-order valence-corrected chi connectivity index (χ4v) is 1.76. The Morgan fingerprint density at radius 2 is 1.95 bits per heavy atom. The van der Waals surface area contributed by atoms with E-state index in [4.69, 9.17) is 4.74 Å². The zero-order valence-corrected chi connectivity index (χ0v) is 13.1. The number of rotatable bonds is 6. The molecule has 0 saturated carbocycles. The summed E-state index contributed by atoms with van der Waals surface area (Å²) in [5.41, 5.74) is 1.80. The quantitative estimate of drug-likeness (QED) is 0.458. The standard InChI is InChI=1S/C17H22N2O2/c1-13(2)12-21-17(20)16(10-18)14(3)19(4)11-15-8-6-5-7-9-15/h5-9,13H,11-12H2,1-4H3. The summed E-state index contributed by atoms with van der Waals surface area (Å²) in [7, 11) is 1.86. The molecule has 0 spiro atoms.